The van der Waals surface area contributed by atoms with Crippen molar-refractivity contribution < 1.29 is 5.11 Å². The second-order valence-corrected chi connectivity index (χ2v) is 5.58. The van der Waals surface area contributed by atoms with Crippen LogP contribution in [0.2, 0.25) is 0 Å². The summed E-state index contributed by atoms with van der Waals surface area (Å²) in [6.07, 6.45) is 3.41. The normalized spacial score (nSPS) is 19.8. The van der Waals surface area contributed by atoms with Crippen molar-refractivity contribution >= 4 is 11.3 Å². The van der Waals surface area contributed by atoms with Gasteiger partial charge in [-0.1, -0.05) is 0 Å². The third-order valence-corrected chi connectivity index (χ3v) is 4.00. The van der Waals surface area contributed by atoms with Crippen LogP contribution in [0.3, 0.4) is 0 Å². The van der Waals surface area contributed by atoms with Crippen LogP contribution in [0.25, 0.3) is 10.6 Å². The summed E-state index contributed by atoms with van der Waals surface area (Å²) < 4.78 is 2.16. The Morgan fingerprint density at radius 1 is 1.50 bits per heavy atom. The number of hydrogen-bond donors (Lipinski definition) is 1. The zero-order valence-electron chi connectivity index (χ0n) is 9.18. The van der Waals surface area contributed by atoms with Crippen molar-refractivity contribution in [3.8, 4) is 10.6 Å². The highest BCUT2D eigenvalue weighted by Crippen LogP contribution is 2.28. The first-order valence-corrected chi connectivity index (χ1v) is 6.35. The fourth-order valence-electron chi connectivity index (χ4n) is 2.10. The van der Waals surface area contributed by atoms with E-state index >= 15 is 0 Å². The van der Waals surface area contributed by atoms with E-state index in [0.717, 1.165) is 24.5 Å². The average Bonchev–Trinajstić information content (AvgIpc) is 2.83. The summed E-state index contributed by atoms with van der Waals surface area (Å²) in [5.41, 5.74) is 1.04. The van der Waals surface area contributed by atoms with Gasteiger partial charge in [0.2, 0.25) is 0 Å². The molecular weight excluding hydrogens is 220 g/mol. The summed E-state index contributed by atoms with van der Waals surface area (Å²) >= 11 is 1.77. The van der Waals surface area contributed by atoms with E-state index in [1.165, 1.54) is 9.75 Å². The molecule has 3 rings (SSSR count). The van der Waals surface area contributed by atoms with Crippen molar-refractivity contribution in [2.24, 2.45) is 0 Å². The van der Waals surface area contributed by atoms with Crippen LogP contribution in [-0.2, 0) is 13.0 Å². The predicted octanol–water partition coefficient (Wildman–Crippen LogP) is 2.23. The van der Waals surface area contributed by atoms with Crippen LogP contribution in [0.1, 0.15) is 17.1 Å². The summed E-state index contributed by atoms with van der Waals surface area (Å²) in [7, 11) is 0. The van der Waals surface area contributed by atoms with Crippen molar-refractivity contribution in [3.63, 3.8) is 0 Å². The maximum atomic E-state index is 9.59. The summed E-state index contributed by atoms with van der Waals surface area (Å²) in [6, 6.07) is 4.23. The molecule has 0 radical (unpaired) electrons. The Bertz CT molecular complexity index is 515. The molecular formula is C12H14N2OS. The minimum absolute atomic E-state index is 0.215. The Morgan fingerprint density at radius 2 is 2.38 bits per heavy atom. The number of imidazole rings is 1. The van der Waals surface area contributed by atoms with Gasteiger partial charge in [-0.25, -0.2) is 4.98 Å². The lowest BCUT2D eigenvalue weighted by Gasteiger charge is -2.18. The van der Waals surface area contributed by atoms with Crippen LogP contribution in [0.15, 0.2) is 18.3 Å². The average molecular weight is 234 g/mol. The van der Waals surface area contributed by atoms with E-state index in [9.17, 15) is 5.11 Å². The van der Waals surface area contributed by atoms with Gasteiger partial charge in [0.15, 0.2) is 0 Å². The molecule has 84 valence electrons. The van der Waals surface area contributed by atoms with Gasteiger partial charge < -0.3 is 9.67 Å². The van der Waals surface area contributed by atoms with Crippen LogP contribution >= 0.6 is 11.3 Å². The molecule has 0 saturated carbocycles. The second kappa shape index (κ2) is 3.71. The van der Waals surface area contributed by atoms with Crippen molar-refractivity contribution in [2.45, 2.75) is 32.4 Å². The first-order chi connectivity index (χ1) is 7.72. The monoisotopic (exact) mass is 234 g/mol. The van der Waals surface area contributed by atoms with E-state index in [1.54, 1.807) is 11.3 Å². The van der Waals surface area contributed by atoms with E-state index in [0.29, 0.717) is 6.42 Å². The number of aryl methyl sites for hydroxylation is 2. The molecule has 0 bridgehead atoms. The molecule has 16 heavy (non-hydrogen) atoms. The maximum Gasteiger partial charge on any atom is 0.112 e. The van der Waals surface area contributed by atoms with E-state index < -0.39 is 0 Å². The molecule has 0 spiro atoms. The van der Waals surface area contributed by atoms with Crippen LogP contribution < -0.4 is 0 Å². The third-order valence-electron chi connectivity index (χ3n) is 2.97. The molecule has 0 saturated heterocycles. The van der Waals surface area contributed by atoms with Crippen LogP contribution in [0.4, 0.5) is 0 Å². The van der Waals surface area contributed by atoms with E-state index in [-0.39, 0.29) is 6.10 Å². The minimum atomic E-state index is -0.215. The molecule has 1 aliphatic heterocycles. The molecule has 1 N–H and O–H groups in total. The minimum Gasteiger partial charge on any atom is -0.393 e. The standard InChI is InChI=1S/C12H14N2OS/c1-8-2-3-11(16-8)10-7-14-5-4-9(15)6-12(14)13-10/h2-3,7,9,15H,4-6H2,1H3. The van der Waals surface area contributed by atoms with E-state index in [4.69, 9.17) is 0 Å². The smallest absolute Gasteiger partial charge is 0.112 e. The molecule has 1 aliphatic rings. The summed E-state index contributed by atoms with van der Waals surface area (Å²) in [4.78, 5) is 7.12. The van der Waals surface area contributed by atoms with Crippen molar-refractivity contribution in [1.29, 1.82) is 0 Å². The van der Waals surface area contributed by atoms with Gasteiger partial charge in [0.1, 0.15) is 5.82 Å². The molecule has 0 aromatic carbocycles. The summed E-state index contributed by atoms with van der Waals surface area (Å²) in [5, 5.41) is 9.59. The SMILES string of the molecule is Cc1ccc(-c2cn3c(n2)CC(O)CC3)s1. The molecule has 0 amide bonds. The Balaban J connectivity index is 1.98. The zero-order valence-corrected chi connectivity index (χ0v) is 10.00. The molecule has 0 aliphatic carbocycles. The Kier molecular flexibility index (Phi) is 2.33. The van der Waals surface area contributed by atoms with Crippen molar-refractivity contribution in [3.05, 3.63) is 29.0 Å². The van der Waals surface area contributed by atoms with Crippen LogP contribution in [-0.4, -0.2) is 20.8 Å². The predicted molar refractivity (Wildman–Crippen MR) is 64.6 cm³/mol. The van der Waals surface area contributed by atoms with Crippen LogP contribution in [0.5, 0.6) is 0 Å². The number of aromatic nitrogens is 2. The van der Waals surface area contributed by atoms with Crippen molar-refractivity contribution in [2.75, 3.05) is 0 Å². The Hall–Kier alpha value is -1.13. The molecule has 2 aromatic heterocycles. The highest BCUT2D eigenvalue weighted by atomic mass is 32.1. The largest absolute Gasteiger partial charge is 0.393 e. The first kappa shape index (κ1) is 10.1. The van der Waals surface area contributed by atoms with E-state index in [2.05, 4.69) is 34.8 Å². The third kappa shape index (κ3) is 1.68. The quantitative estimate of drug-likeness (QED) is 0.821. The number of fused-ring (bicyclic) bond motifs is 1. The highest BCUT2D eigenvalue weighted by molar-refractivity contribution is 7.15. The molecule has 3 nitrogen and oxygen atoms in total. The van der Waals surface area contributed by atoms with Gasteiger partial charge in [-0.15, -0.1) is 11.3 Å². The lowest BCUT2D eigenvalue weighted by Crippen LogP contribution is -2.22. The molecule has 1 unspecified atom stereocenters. The molecule has 0 fully saturated rings. The number of nitrogens with zero attached hydrogens (tertiary/aromatic N) is 2. The van der Waals surface area contributed by atoms with Gasteiger partial charge in [0.05, 0.1) is 16.7 Å². The fourth-order valence-corrected chi connectivity index (χ4v) is 2.92. The van der Waals surface area contributed by atoms with Gasteiger partial charge >= 0.3 is 0 Å². The number of aliphatic hydroxyl groups is 1. The van der Waals surface area contributed by atoms with Gasteiger partial charge in [-0.2, -0.15) is 0 Å². The number of hydrogen-bond acceptors (Lipinski definition) is 3. The molecule has 4 heteroatoms. The maximum absolute atomic E-state index is 9.59. The van der Waals surface area contributed by atoms with Gasteiger partial charge in [0.25, 0.3) is 0 Å². The number of rotatable bonds is 1. The lowest BCUT2D eigenvalue weighted by molar-refractivity contribution is 0.141. The van der Waals surface area contributed by atoms with Gasteiger partial charge in [-0.05, 0) is 25.5 Å². The topological polar surface area (TPSA) is 38.0 Å². The summed E-state index contributed by atoms with van der Waals surface area (Å²) in [5.74, 6) is 1.01. The number of aliphatic hydroxyl groups excluding tert-OH is 1. The fraction of sp³-hybridized carbons (Fsp3) is 0.417. The second-order valence-electron chi connectivity index (χ2n) is 4.29. The Morgan fingerprint density at radius 3 is 3.12 bits per heavy atom. The molecule has 1 atom stereocenters. The molecule has 2 aromatic rings. The number of thiophene rings is 1. The van der Waals surface area contributed by atoms with Gasteiger partial charge in [-0.3, -0.25) is 0 Å². The lowest BCUT2D eigenvalue weighted by atomic mass is 10.1. The molecule has 3 heterocycles. The zero-order chi connectivity index (χ0) is 11.1. The van der Waals surface area contributed by atoms with Gasteiger partial charge in [0, 0.05) is 24.0 Å². The summed E-state index contributed by atoms with van der Waals surface area (Å²) in [6.45, 7) is 2.99. The van der Waals surface area contributed by atoms with E-state index in [1.807, 2.05) is 0 Å². The van der Waals surface area contributed by atoms with Crippen molar-refractivity contribution in [1.82, 2.24) is 9.55 Å². The van der Waals surface area contributed by atoms with Crippen LogP contribution in [0, 0.1) is 6.92 Å². The highest BCUT2D eigenvalue weighted by Gasteiger charge is 2.19. The Labute approximate surface area is 98.4 Å². The first-order valence-electron chi connectivity index (χ1n) is 5.53.